The fourth-order valence-corrected chi connectivity index (χ4v) is 3.83. The van der Waals surface area contributed by atoms with E-state index < -0.39 is 35.1 Å². The van der Waals surface area contributed by atoms with Gasteiger partial charge < -0.3 is 24.4 Å². The van der Waals surface area contributed by atoms with Gasteiger partial charge in [0.15, 0.2) is 0 Å². The quantitative estimate of drug-likeness (QED) is 0.633. The van der Waals surface area contributed by atoms with Gasteiger partial charge in [0.25, 0.3) is 5.56 Å². The van der Waals surface area contributed by atoms with E-state index in [9.17, 15) is 24.0 Å². The Hall–Kier alpha value is -3.37. The Bertz CT molecular complexity index is 999. The summed E-state index contributed by atoms with van der Waals surface area (Å²) in [6.07, 6.45) is 5.38. The number of carbonyl (C=O) groups is 4. The van der Waals surface area contributed by atoms with Crippen LogP contribution in [-0.2, 0) is 19.1 Å². The van der Waals surface area contributed by atoms with Crippen LogP contribution < -0.4 is 16.2 Å². The molecule has 0 radical (unpaired) electrons. The first-order valence-electron chi connectivity index (χ1n) is 12.4. The van der Waals surface area contributed by atoms with Crippen LogP contribution >= 0.6 is 0 Å². The number of nitrogens with zero attached hydrogens (tertiary/aromatic N) is 3. The predicted molar refractivity (Wildman–Crippen MR) is 136 cm³/mol. The van der Waals surface area contributed by atoms with Crippen LogP contribution in [0.5, 0.6) is 0 Å². The number of ether oxygens (including phenoxy) is 1. The third kappa shape index (κ3) is 9.01. The third-order valence-corrected chi connectivity index (χ3v) is 5.86. The zero-order valence-electron chi connectivity index (χ0n) is 22.0. The summed E-state index contributed by atoms with van der Waals surface area (Å²) in [5.41, 5.74) is -1.29. The fraction of sp³-hybridized carbons (Fsp3) is 0.640. The van der Waals surface area contributed by atoms with Gasteiger partial charge in [0.2, 0.25) is 17.7 Å². The van der Waals surface area contributed by atoms with E-state index >= 15 is 0 Å². The number of rotatable bonds is 2. The summed E-state index contributed by atoms with van der Waals surface area (Å²) in [6.45, 7) is 5.39. The number of nitrogens with one attached hydrogen (secondary N) is 2. The van der Waals surface area contributed by atoms with Gasteiger partial charge in [-0.2, -0.15) is 0 Å². The molecule has 0 saturated carbocycles. The van der Waals surface area contributed by atoms with Crippen LogP contribution in [0.4, 0.5) is 10.5 Å². The van der Waals surface area contributed by atoms with E-state index in [1.165, 1.54) is 28.8 Å². The van der Waals surface area contributed by atoms with Crippen molar-refractivity contribution in [1.82, 2.24) is 19.7 Å². The van der Waals surface area contributed by atoms with E-state index in [0.717, 1.165) is 25.7 Å². The maximum absolute atomic E-state index is 13.2. The van der Waals surface area contributed by atoms with Crippen molar-refractivity contribution in [2.45, 2.75) is 70.9 Å². The van der Waals surface area contributed by atoms with E-state index in [0.29, 0.717) is 19.4 Å². The van der Waals surface area contributed by atoms with Gasteiger partial charge >= 0.3 is 6.09 Å². The number of likely N-dealkylation sites (N-methyl/N-ethyl adjacent to an activating group) is 2. The molecule has 200 valence electrons. The fourth-order valence-electron chi connectivity index (χ4n) is 3.83. The zero-order chi connectivity index (χ0) is 26.9. The van der Waals surface area contributed by atoms with Gasteiger partial charge in [0, 0.05) is 26.8 Å². The Labute approximate surface area is 212 Å². The number of hydrogen-bond acceptors (Lipinski definition) is 6. The van der Waals surface area contributed by atoms with Crippen LogP contribution in [0.25, 0.3) is 0 Å². The molecule has 1 unspecified atom stereocenters. The van der Waals surface area contributed by atoms with E-state index in [1.807, 2.05) is 0 Å². The first-order valence-corrected chi connectivity index (χ1v) is 12.4. The Morgan fingerprint density at radius 1 is 1.00 bits per heavy atom. The van der Waals surface area contributed by atoms with Crippen LogP contribution in [0.2, 0.25) is 0 Å². The molecule has 11 heteroatoms. The van der Waals surface area contributed by atoms with Crippen molar-refractivity contribution in [2.24, 2.45) is 0 Å². The normalized spacial score (nSPS) is 19.6. The first kappa shape index (κ1) is 28.9. The van der Waals surface area contributed by atoms with Crippen LogP contribution in [-0.4, -0.2) is 77.5 Å². The van der Waals surface area contributed by atoms with Crippen molar-refractivity contribution >= 4 is 29.5 Å². The van der Waals surface area contributed by atoms with Gasteiger partial charge in [-0.15, -0.1) is 0 Å². The molecule has 0 aliphatic carbocycles. The lowest BCUT2D eigenvalue weighted by atomic mass is 10.0. The molecule has 1 atom stereocenters. The predicted octanol–water partition coefficient (Wildman–Crippen LogP) is 2.12. The summed E-state index contributed by atoms with van der Waals surface area (Å²) in [5, 5.41) is 5.07. The smallest absolute Gasteiger partial charge is 0.412 e. The summed E-state index contributed by atoms with van der Waals surface area (Å²) < 4.78 is 6.50. The first-order chi connectivity index (χ1) is 16.9. The SMILES string of the molecule is CN1CCCCCCCC(n2cccc(NC(=O)OC(C)(C)C)c2=O)C(=O)NCC(=O)N(C)CC1=O. The molecule has 1 aliphatic heterocycles. The number of carbonyl (C=O) groups excluding carboxylic acids is 4. The molecule has 1 aliphatic rings. The molecule has 2 N–H and O–H groups in total. The molecule has 2 rings (SSSR count). The van der Waals surface area contributed by atoms with Gasteiger partial charge in [-0.1, -0.05) is 25.7 Å². The number of amides is 4. The van der Waals surface area contributed by atoms with Gasteiger partial charge in [-0.3, -0.25) is 24.5 Å². The number of anilines is 1. The average Bonchev–Trinajstić information content (AvgIpc) is 2.78. The summed E-state index contributed by atoms with van der Waals surface area (Å²) in [7, 11) is 3.23. The van der Waals surface area contributed by atoms with Crippen LogP contribution in [0.1, 0.15) is 65.3 Å². The number of hydrogen-bond donors (Lipinski definition) is 2. The summed E-state index contributed by atoms with van der Waals surface area (Å²) in [4.78, 5) is 66.2. The molecular formula is C25H39N5O6. The second-order valence-electron chi connectivity index (χ2n) is 10.1. The van der Waals surface area contributed by atoms with Crippen molar-refractivity contribution in [1.29, 1.82) is 0 Å². The van der Waals surface area contributed by atoms with Crippen molar-refractivity contribution in [2.75, 3.05) is 39.0 Å². The van der Waals surface area contributed by atoms with Gasteiger partial charge in [0.1, 0.15) is 17.3 Å². The molecule has 0 spiro atoms. The highest BCUT2D eigenvalue weighted by Crippen LogP contribution is 2.18. The van der Waals surface area contributed by atoms with Crippen molar-refractivity contribution in [3.63, 3.8) is 0 Å². The highest BCUT2D eigenvalue weighted by molar-refractivity contribution is 5.89. The topological polar surface area (TPSA) is 130 Å². The molecule has 1 saturated heterocycles. The van der Waals surface area contributed by atoms with E-state index in [4.69, 9.17) is 4.74 Å². The largest absolute Gasteiger partial charge is 0.444 e. The highest BCUT2D eigenvalue weighted by atomic mass is 16.6. The minimum absolute atomic E-state index is 0.00914. The minimum atomic E-state index is -0.864. The Morgan fingerprint density at radius 2 is 1.67 bits per heavy atom. The second kappa shape index (κ2) is 13.1. The van der Waals surface area contributed by atoms with Gasteiger partial charge in [-0.05, 0) is 45.7 Å². The van der Waals surface area contributed by atoms with E-state index in [2.05, 4.69) is 10.6 Å². The highest BCUT2D eigenvalue weighted by Gasteiger charge is 2.25. The molecule has 0 bridgehead atoms. The average molecular weight is 506 g/mol. The van der Waals surface area contributed by atoms with E-state index in [-0.39, 0.29) is 24.7 Å². The van der Waals surface area contributed by atoms with E-state index in [1.54, 1.807) is 38.8 Å². The van der Waals surface area contributed by atoms with Crippen molar-refractivity contribution in [3.8, 4) is 0 Å². The molecule has 2 heterocycles. The molecule has 4 amide bonds. The summed E-state index contributed by atoms with van der Waals surface area (Å²) in [6, 6.07) is 2.15. The molecular weight excluding hydrogens is 466 g/mol. The lowest BCUT2D eigenvalue weighted by molar-refractivity contribution is -0.139. The summed E-state index contributed by atoms with van der Waals surface area (Å²) in [5.74, 6) is -1.06. The Morgan fingerprint density at radius 3 is 2.36 bits per heavy atom. The zero-order valence-corrected chi connectivity index (χ0v) is 22.0. The minimum Gasteiger partial charge on any atom is -0.444 e. The van der Waals surface area contributed by atoms with Crippen LogP contribution in [0.15, 0.2) is 23.1 Å². The molecule has 1 aromatic heterocycles. The van der Waals surface area contributed by atoms with Crippen LogP contribution in [0, 0.1) is 0 Å². The Balaban J connectivity index is 2.23. The van der Waals surface area contributed by atoms with Crippen molar-refractivity contribution in [3.05, 3.63) is 28.7 Å². The van der Waals surface area contributed by atoms with Crippen LogP contribution in [0.3, 0.4) is 0 Å². The number of pyridine rings is 1. The maximum Gasteiger partial charge on any atom is 0.412 e. The lowest BCUT2D eigenvalue weighted by Gasteiger charge is -2.24. The monoisotopic (exact) mass is 505 g/mol. The van der Waals surface area contributed by atoms with Gasteiger partial charge in [-0.25, -0.2) is 4.79 Å². The third-order valence-electron chi connectivity index (χ3n) is 5.86. The maximum atomic E-state index is 13.2. The molecule has 1 aromatic rings. The van der Waals surface area contributed by atoms with Gasteiger partial charge in [0.05, 0.1) is 13.1 Å². The summed E-state index contributed by atoms with van der Waals surface area (Å²) >= 11 is 0. The Kier molecular flexibility index (Phi) is 10.5. The number of aromatic nitrogens is 1. The molecule has 36 heavy (non-hydrogen) atoms. The second-order valence-corrected chi connectivity index (χ2v) is 10.1. The molecule has 1 fully saturated rings. The molecule has 0 aromatic carbocycles. The standard InChI is InChI=1S/C25H39N5O6/c1-25(2,3)36-24(35)27-18-12-11-15-30(23(18)34)19-13-9-7-6-8-10-14-28(4)21(32)17-29(5)20(31)16-26-22(19)33/h11-12,15,19H,6-10,13-14,16-17H2,1-5H3,(H,26,33)(H,27,35). The van der Waals surface area contributed by atoms with Crippen molar-refractivity contribution < 1.29 is 23.9 Å². The lowest BCUT2D eigenvalue weighted by Crippen LogP contribution is -2.45. The molecule has 11 nitrogen and oxygen atoms in total.